The van der Waals surface area contributed by atoms with Crippen LogP contribution >= 0.6 is 8.03 Å². The molecule has 1 rings (SSSR count). The van der Waals surface area contributed by atoms with Gasteiger partial charge in [-0.05, 0) is 12.1 Å². The predicted octanol–water partition coefficient (Wildman–Crippen LogP) is 1.25. The number of hydrogen-bond acceptors (Lipinski definition) is 2. The number of rotatable bonds is 2. The molecular weight excluding hydrogens is 187 g/mol. The molecule has 0 fully saturated rings. The molecule has 4 heteroatoms. The summed E-state index contributed by atoms with van der Waals surface area (Å²) in [5.74, 6) is 0.675. The number of benzene rings is 1. The molecule has 0 aliphatic heterocycles. The molecule has 0 aromatic heterocycles. The summed E-state index contributed by atoms with van der Waals surface area (Å²) in [5.41, 5.74) is 0. The minimum atomic E-state index is -1.84. The molecule has 0 spiro atoms. The number of para-hydroxylation sites is 1. The molecule has 1 unspecified atom stereocenters. The Morgan fingerprint density at radius 3 is 2.27 bits per heavy atom. The molecule has 11 heavy (non-hydrogen) atoms. The van der Waals surface area contributed by atoms with E-state index in [4.69, 9.17) is 4.52 Å². The van der Waals surface area contributed by atoms with E-state index in [0.29, 0.717) is 5.75 Å². The third-order valence-electron chi connectivity index (χ3n) is 1.00. The van der Waals surface area contributed by atoms with Crippen LogP contribution in [0, 0.1) is 0 Å². The fraction of sp³-hybridized carbons (Fsp3) is 0.143. The van der Waals surface area contributed by atoms with Gasteiger partial charge in [0.2, 0.25) is 8.03 Å². The minimum absolute atomic E-state index is 0. The van der Waals surface area contributed by atoms with Crippen molar-refractivity contribution in [3.63, 3.8) is 0 Å². The van der Waals surface area contributed by atoms with Crippen LogP contribution in [0.15, 0.2) is 30.3 Å². The van der Waals surface area contributed by atoms with Gasteiger partial charge in [0.05, 0.1) is 0 Å². The monoisotopic (exact) mass is 198 g/mol. The van der Waals surface area contributed by atoms with Crippen LogP contribution in [0.2, 0.25) is 0 Å². The van der Waals surface area contributed by atoms with Gasteiger partial charge < -0.3 is 4.52 Å². The quantitative estimate of drug-likeness (QED) is 0.528. The van der Waals surface area contributed by atoms with Crippen LogP contribution in [0.5, 0.6) is 5.75 Å². The Hall–Kier alpha value is 0.510. The zero-order chi connectivity index (χ0) is 7.40. The topological polar surface area (TPSA) is 26.3 Å². The summed E-state index contributed by atoms with van der Waals surface area (Å²) in [6.07, 6.45) is 0. The van der Waals surface area contributed by atoms with Gasteiger partial charge in [0.15, 0.2) is 0 Å². The van der Waals surface area contributed by atoms with Gasteiger partial charge in [-0.2, -0.15) is 0 Å². The third kappa shape index (κ3) is 4.86. The maximum atomic E-state index is 10.6. The van der Waals surface area contributed by atoms with Crippen LogP contribution in [0.3, 0.4) is 0 Å². The molecule has 0 saturated carbocycles. The van der Waals surface area contributed by atoms with Crippen LogP contribution in [0.1, 0.15) is 0 Å². The summed E-state index contributed by atoms with van der Waals surface area (Å²) < 4.78 is 15.5. The van der Waals surface area contributed by atoms with Gasteiger partial charge >= 0.3 is 37.7 Å². The Morgan fingerprint density at radius 2 is 1.82 bits per heavy atom. The Bertz CT molecular complexity index is 225. The van der Waals surface area contributed by atoms with Crippen LogP contribution < -0.4 is 4.52 Å². The molecule has 1 atom stereocenters. The van der Waals surface area contributed by atoms with E-state index in [1.54, 1.807) is 18.8 Å². The fourth-order valence-electron chi connectivity index (χ4n) is 0.655. The molecule has 1 aromatic carbocycles. The van der Waals surface area contributed by atoms with E-state index in [1.807, 2.05) is 18.2 Å². The Kier molecular flexibility index (Phi) is 6.35. The molecular formula is C7H11CaO2P. The molecule has 0 N–H and O–H groups in total. The second-order valence-electron chi connectivity index (χ2n) is 1.91. The molecule has 0 bridgehead atoms. The Morgan fingerprint density at radius 1 is 1.27 bits per heavy atom. The Balaban J connectivity index is 0.000001000. The summed E-state index contributed by atoms with van der Waals surface area (Å²) >= 11 is 0. The van der Waals surface area contributed by atoms with E-state index in [2.05, 4.69) is 0 Å². The summed E-state index contributed by atoms with van der Waals surface area (Å²) in [6.45, 7) is 1.57. The molecule has 0 aliphatic rings. The van der Waals surface area contributed by atoms with Crippen LogP contribution in [-0.4, -0.2) is 44.4 Å². The average molecular weight is 198 g/mol. The first kappa shape index (κ1) is 11.5. The first-order chi connectivity index (χ1) is 4.79. The maximum absolute atomic E-state index is 10.6. The normalized spacial score (nSPS) is 11.4. The zero-order valence-electron chi connectivity index (χ0n) is 5.70. The van der Waals surface area contributed by atoms with Gasteiger partial charge in [-0.3, -0.25) is 4.57 Å². The summed E-state index contributed by atoms with van der Waals surface area (Å²) in [4.78, 5) is 0. The SMILES string of the molecule is C[PH](=O)Oc1ccccc1.[CaH2]. The van der Waals surface area contributed by atoms with Crippen molar-refractivity contribution in [3.05, 3.63) is 30.3 Å². The molecule has 0 amide bonds. The van der Waals surface area contributed by atoms with E-state index < -0.39 is 8.03 Å². The Labute approximate surface area is 96.8 Å². The molecule has 1 aromatic rings. The first-order valence-electron chi connectivity index (χ1n) is 3.02. The van der Waals surface area contributed by atoms with Crippen LogP contribution in [0.4, 0.5) is 0 Å². The standard InChI is InChI=1S/C7H9O2P.Ca.2H/c1-10(8)9-7-5-3-2-4-6-7;;;/h2-6,10H,1H3;;;. The van der Waals surface area contributed by atoms with Gasteiger partial charge in [-0.15, -0.1) is 0 Å². The predicted molar refractivity (Wildman–Crippen MR) is 50.5 cm³/mol. The van der Waals surface area contributed by atoms with Gasteiger partial charge in [0.1, 0.15) is 5.75 Å². The van der Waals surface area contributed by atoms with E-state index in [1.165, 1.54) is 0 Å². The van der Waals surface area contributed by atoms with Crippen molar-refractivity contribution in [2.45, 2.75) is 0 Å². The molecule has 0 saturated heterocycles. The van der Waals surface area contributed by atoms with Gasteiger partial charge in [0.25, 0.3) is 0 Å². The fourth-order valence-corrected chi connectivity index (χ4v) is 1.12. The molecule has 0 heterocycles. The van der Waals surface area contributed by atoms with Crippen LogP contribution in [0.25, 0.3) is 0 Å². The van der Waals surface area contributed by atoms with Crippen molar-refractivity contribution in [2.24, 2.45) is 0 Å². The van der Waals surface area contributed by atoms with E-state index >= 15 is 0 Å². The molecule has 0 radical (unpaired) electrons. The van der Waals surface area contributed by atoms with Crippen molar-refractivity contribution in [1.82, 2.24) is 0 Å². The molecule has 0 aliphatic carbocycles. The first-order valence-corrected chi connectivity index (χ1v) is 4.84. The van der Waals surface area contributed by atoms with Crippen molar-refractivity contribution in [3.8, 4) is 5.75 Å². The zero-order valence-corrected chi connectivity index (χ0v) is 6.70. The van der Waals surface area contributed by atoms with E-state index in [0.717, 1.165) is 0 Å². The summed E-state index contributed by atoms with van der Waals surface area (Å²) in [7, 11) is -1.84. The average Bonchev–Trinajstić information content (AvgIpc) is 1.88. The second-order valence-corrected chi connectivity index (χ2v) is 3.09. The van der Waals surface area contributed by atoms with Crippen molar-refractivity contribution >= 4 is 45.8 Å². The van der Waals surface area contributed by atoms with Gasteiger partial charge in [0, 0.05) is 6.66 Å². The third-order valence-corrected chi connectivity index (χ3v) is 1.53. The van der Waals surface area contributed by atoms with E-state index in [-0.39, 0.29) is 37.7 Å². The summed E-state index contributed by atoms with van der Waals surface area (Å²) in [6, 6.07) is 9.15. The van der Waals surface area contributed by atoms with Gasteiger partial charge in [-0.25, -0.2) is 0 Å². The van der Waals surface area contributed by atoms with Crippen molar-refractivity contribution < 1.29 is 9.09 Å². The van der Waals surface area contributed by atoms with Crippen molar-refractivity contribution in [1.29, 1.82) is 0 Å². The van der Waals surface area contributed by atoms with Crippen molar-refractivity contribution in [2.75, 3.05) is 6.66 Å². The summed E-state index contributed by atoms with van der Waals surface area (Å²) in [5, 5.41) is 0. The number of hydrogen-bond donors (Lipinski definition) is 0. The van der Waals surface area contributed by atoms with Crippen LogP contribution in [-0.2, 0) is 4.57 Å². The molecule has 2 nitrogen and oxygen atoms in total. The second kappa shape index (κ2) is 6.07. The van der Waals surface area contributed by atoms with Gasteiger partial charge in [-0.1, -0.05) is 18.2 Å². The molecule has 58 valence electrons. The van der Waals surface area contributed by atoms with E-state index in [9.17, 15) is 4.57 Å².